The SMILES string of the molecule is COC(Oc1cc(C(C(C)C)C(C)C)ccc1C(C)(C)C)C(C)(C)C.COCO. The first-order chi connectivity index (χ1) is 13.2. The summed E-state index contributed by atoms with van der Waals surface area (Å²) in [6.45, 7) is 22.2. The van der Waals surface area contributed by atoms with Crippen LogP contribution in [-0.4, -0.2) is 32.4 Å². The molecular weight excluding hydrogens is 364 g/mol. The first-order valence-electron chi connectivity index (χ1n) is 10.6. The Kier molecular flexibility index (Phi) is 11.5. The van der Waals surface area contributed by atoms with E-state index in [-0.39, 0.29) is 23.9 Å². The van der Waals surface area contributed by atoms with E-state index in [0.29, 0.717) is 17.8 Å². The number of methoxy groups -OCH3 is 2. The minimum absolute atomic E-state index is 0.0230. The predicted octanol–water partition coefficient (Wildman–Crippen LogP) is 6.36. The molecule has 0 aliphatic carbocycles. The average molecular weight is 411 g/mol. The van der Waals surface area contributed by atoms with Crippen molar-refractivity contribution in [1.82, 2.24) is 0 Å². The van der Waals surface area contributed by atoms with Gasteiger partial charge in [-0.3, -0.25) is 0 Å². The minimum Gasteiger partial charge on any atom is -0.464 e. The Hall–Kier alpha value is -1.10. The number of benzene rings is 1. The van der Waals surface area contributed by atoms with Crippen LogP contribution in [0.3, 0.4) is 0 Å². The van der Waals surface area contributed by atoms with Crippen LogP contribution in [-0.2, 0) is 14.9 Å². The number of rotatable bonds is 7. The molecule has 4 nitrogen and oxygen atoms in total. The van der Waals surface area contributed by atoms with Gasteiger partial charge in [0.05, 0.1) is 0 Å². The summed E-state index contributed by atoms with van der Waals surface area (Å²) in [5.41, 5.74) is 2.52. The summed E-state index contributed by atoms with van der Waals surface area (Å²) in [5.74, 6) is 2.66. The summed E-state index contributed by atoms with van der Waals surface area (Å²) in [7, 11) is 3.15. The smallest absolute Gasteiger partial charge is 0.204 e. The molecule has 0 saturated carbocycles. The number of hydrogen-bond donors (Lipinski definition) is 1. The lowest BCUT2D eigenvalue weighted by Gasteiger charge is -2.33. The number of aliphatic hydroxyl groups is 1. The summed E-state index contributed by atoms with van der Waals surface area (Å²) in [6, 6.07) is 6.79. The van der Waals surface area contributed by atoms with Gasteiger partial charge in [-0.25, -0.2) is 0 Å². The molecule has 1 aromatic rings. The fraction of sp³-hybridized carbons (Fsp3) is 0.760. The van der Waals surface area contributed by atoms with Crippen LogP contribution in [0.2, 0.25) is 0 Å². The molecule has 1 aromatic carbocycles. The van der Waals surface area contributed by atoms with Crippen molar-refractivity contribution in [2.24, 2.45) is 17.3 Å². The maximum absolute atomic E-state index is 7.65. The molecule has 1 unspecified atom stereocenters. The topological polar surface area (TPSA) is 47.9 Å². The van der Waals surface area contributed by atoms with Crippen LogP contribution in [0.15, 0.2) is 18.2 Å². The molecule has 1 N–H and O–H groups in total. The highest BCUT2D eigenvalue weighted by Crippen LogP contribution is 2.39. The zero-order valence-corrected chi connectivity index (χ0v) is 20.9. The van der Waals surface area contributed by atoms with Crippen LogP contribution < -0.4 is 4.74 Å². The lowest BCUT2D eigenvalue weighted by atomic mass is 9.78. The van der Waals surface area contributed by atoms with Crippen LogP contribution in [0, 0.1) is 17.3 Å². The summed E-state index contributed by atoms with van der Waals surface area (Å²) in [6.07, 6.45) is -0.277. The number of aliphatic hydroxyl groups excluding tert-OH is 1. The Bertz CT molecular complexity index is 569. The van der Waals surface area contributed by atoms with E-state index in [4.69, 9.17) is 14.6 Å². The van der Waals surface area contributed by atoms with Gasteiger partial charge in [0, 0.05) is 19.6 Å². The minimum atomic E-state index is -0.277. The Labute approximate surface area is 180 Å². The van der Waals surface area contributed by atoms with Crippen molar-refractivity contribution in [3.05, 3.63) is 29.3 Å². The van der Waals surface area contributed by atoms with Gasteiger partial charge in [0.1, 0.15) is 12.5 Å². The van der Waals surface area contributed by atoms with Gasteiger partial charge in [-0.1, -0.05) is 81.4 Å². The molecule has 0 bridgehead atoms. The normalized spacial score (nSPS) is 13.5. The molecule has 1 atom stereocenters. The number of hydrogen-bond acceptors (Lipinski definition) is 4. The van der Waals surface area contributed by atoms with Crippen LogP contribution in [0.4, 0.5) is 0 Å². The molecule has 0 amide bonds. The van der Waals surface area contributed by atoms with E-state index in [2.05, 4.69) is 92.2 Å². The van der Waals surface area contributed by atoms with E-state index in [1.807, 2.05) is 0 Å². The zero-order chi connectivity index (χ0) is 23.0. The molecule has 0 aromatic heterocycles. The molecule has 0 spiro atoms. The highest BCUT2D eigenvalue weighted by atomic mass is 16.7. The average Bonchev–Trinajstić information content (AvgIpc) is 2.57. The van der Waals surface area contributed by atoms with Crippen LogP contribution >= 0.6 is 0 Å². The van der Waals surface area contributed by atoms with Crippen molar-refractivity contribution in [3.8, 4) is 5.75 Å². The third kappa shape index (κ3) is 9.06. The van der Waals surface area contributed by atoms with E-state index in [9.17, 15) is 0 Å². The molecule has 4 heteroatoms. The fourth-order valence-corrected chi connectivity index (χ4v) is 3.70. The largest absolute Gasteiger partial charge is 0.464 e. The Balaban J connectivity index is 0.00000178. The third-order valence-electron chi connectivity index (χ3n) is 4.92. The molecule has 170 valence electrons. The van der Waals surface area contributed by atoms with Crippen LogP contribution in [0.1, 0.15) is 86.3 Å². The maximum Gasteiger partial charge on any atom is 0.204 e. The molecular formula is C25H46O4. The van der Waals surface area contributed by atoms with E-state index in [0.717, 1.165) is 5.75 Å². The molecule has 0 radical (unpaired) electrons. The van der Waals surface area contributed by atoms with Gasteiger partial charge in [-0.15, -0.1) is 0 Å². The van der Waals surface area contributed by atoms with Crippen molar-refractivity contribution in [3.63, 3.8) is 0 Å². The van der Waals surface area contributed by atoms with Gasteiger partial charge < -0.3 is 19.3 Å². The molecule has 0 heterocycles. The summed E-state index contributed by atoms with van der Waals surface area (Å²) >= 11 is 0. The van der Waals surface area contributed by atoms with Crippen molar-refractivity contribution in [1.29, 1.82) is 0 Å². The summed E-state index contributed by atoms with van der Waals surface area (Å²) in [4.78, 5) is 0. The van der Waals surface area contributed by atoms with Crippen molar-refractivity contribution >= 4 is 0 Å². The van der Waals surface area contributed by atoms with Crippen molar-refractivity contribution in [2.75, 3.05) is 21.0 Å². The molecule has 0 aliphatic rings. The third-order valence-corrected chi connectivity index (χ3v) is 4.92. The standard InChI is InChI=1S/C23H40O2.C2H6O2/c1-15(2)20(16(3)4)17-12-13-18(22(5,6)7)19(14-17)25-21(24-11)23(8,9)10;1-4-2-3/h12-16,20-21H,1-11H3;3H,2H2,1H3. The van der Waals surface area contributed by atoms with E-state index in [1.54, 1.807) is 7.11 Å². The van der Waals surface area contributed by atoms with Crippen LogP contribution in [0.25, 0.3) is 0 Å². The molecule has 0 fully saturated rings. The maximum atomic E-state index is 7.65. The van der Waals surface area contributed by atoms with Crippen molar-refractivity contribution in [2.45, 2.75) is 86.9 Å². The first kappa shape index (κ1) is 27.9. The predicted molar refractivity (Wildman–Crippen MR) is 123 cm³/mol. The molecule has 1 rings (SSSR count). The second kappa shape index (κ2) is 11.9. The van der Waals surface area contributed by atoms with Gasteiger partial charge in [0.2, 0.25) is 6.29 Å². The first-order valence-corrected chi connectivity index (χ1v) is 10.6. The quantitative estimate of drug-likeness (QED) is 0.531. The Morgan fingerprint density at radius 3 is 1.69 bits per heavy atom. The Morgan fingerprint density at radius 2 is 1.38 bits per heavy atom. The van der Waals surface area contributed by atoms with Gasteiger partial charge in [0.25, 0.3) is 0 Å². The van der Waals surface area contributed by atoms with Crippen LogP contribution in [0.5, 0.6) is 5.75 Å². The van der Waals surface area contributed by atoms with Gasteiger partial charge in [-0.2, -0.15) is 0 Å². The van der Waals surface area contributed by atoms with E-state index < -0.39 is 0 Å². The zero-order valence-electron chi connectivity index (χ0n) is 20.9. The fourth-order valence-electron chi connectivity index (χ4n) is 3.70. The monoisotopic (exact) mass is 410 g/mol. The van der Waals surface area contributed by atoms with E-state index in [1.165, 1.54) is 18.2 Å². The molecule has 0 saturated heterocycles. The lowest BCUT2D eigenvalue weighted by molar-refractivity contribution is -0.121. The lowest BCUT2D eigenvalue weighted by Crippen LogP contribution is -2.34. The second-order valence-corrected chi connectivity index (χ2v) is 10.5. The molecule has 0 aliphatic heterocycles. The highest BCUT2D eigenvalue weighted by Gasteiger charge is 2.30. The van der Waals surface area contributed by atoms with Gasteiger partial charge in [-0.05, 0) is 40.4 Å². The number of ether oxygens (including phenoxy) is 3. The summed E-state index contributed by atoms with van der Waals surface area (Å²) < 4.78 is 16.2. The van der Waals surface area contributed by atoms with E-state index >= 15 is 0 Å². The van der Waals surface area contributed by atoms with Crippen molar-refractivity contribution < 1.29 is 19.3 Å². The molecule has 29 heavy (non-hydrogen) atoms. The Morgan fingerprint density at radius 1 is 0.897 bits per heavy atom. The van der Waals surface area contributed by atoms with Gasteiger partial charge >= 0.3 is 0 Å². The van der Waals surface area contributed by atoms with Gasteiger partial charge in [0.15, 0.2) is 0 Å². The second-order valence-electron chi connectivity index (χ2n) is 10.5. The highest BCUT2D eigenvalue weighted by molar-refractivity contribution is 5.43. The summed E-state index contributed by atoms with van der Waals surface area (Å²) in [5, 5.41) is 7.65.